The summed E-state index contributed by atoms with van der Waals surface area (Å²) in [6.45, 7) is 22.8. The summed E-state index contributed by atoms with van der Waals surface area (Å²) in [5.41, 5.74) is -1.68. The Bertz CT molecular complexity index is 2950. The van der Waals surface area contributed by atoms with Gasteiger partial charge in [-0.2, -0.15) is 0 Å². The van der Waals surface area contributed by atoms with E-state index in [0.29, 0.717) is 44.9 Å². The minimum absolute atomic E-state index is 0.00168. The summed E-state index contributed by atoms with van der Waals surface area (Å²) in [6.07, 6.45) is 10.1. The number of fused-ring (bicyclic) bond motifs is 8. The van der Waals surface area contributed by atoms with Gasteiger partial charge < -0.3 is 61.6 Å². The van der Waals surface area contributed by atoms with Crippen LogP contribution in [0, 0.1) is 81.3 Å². The van der Waals surface area contributed by atoms with Gasteiger partial charge in [0.15, 0.2) is 19.8 Å². The molecule has 0 aromatic rings. The summed E-state index contributed by atoms with van der Waals surface area (Å²) < 4.78 is 68.2. The maximum Gasteiger partial charge on any atom is 0.344 e. The van der Waals surface area contributed by atoms with Crippen molar-refractivity contribution < 1.29 is 124 Å². The molecule has 26 heteroatoms. The van der Waals surface area contributed by atoms with Crippen molar-refractivity contribution in [3.8, 4) is 0 Å². The van der Waals surface area contributed by atoms with Crippen LogP contribution in [-0.4, -0.2) is 158 Å². The van der Waals surface area contributed by atoms with E-state index in [1.807, 2.05) is 55.4 Å². The van der Waals surface area contributed by atoms with Crippen LogP contribution in [0.5, 0.6) is 0 Å². The Hall–Kier alpha value is -6.89. The first kappa shape index (κ1) is 75.9. The zero-order valence-electron chi connectivity index (χ0n) is 58.6. The first-order chi connectivity index (χ1) is 45.7. The Kier molecular flexibility index (Phi) is 25.0. The number of esters is 13. The third-order valence-corrected chi connectivity index (χ3v) is 22.5. The van der Waals surface area contributed by atoms with Gasteiger partial charge in [-0.1, -0.05) is 48.5 Å². The minimum atomic E-state index is -0.612. The first-order valence-corrected chi connectivity index (χ1v) is 35.3. The van der Waals surface area contributed by atoms with E-state index in [4.69, 9.17) is 61.6 Å². The van der Waals surface area contributed by atoms with Gasteiger partial charge in [-0.15, -0.1) is 0 Å². The average molecular weight is 1370 g/mol. The zero-order chi connectivity index (χ0) is 71.2. The van der Waals surface area contributed by atoms with E-state index in [9.17, 15) is 62.3 Å². The van der Waals surface area contributed by atoms with Gasteiger partial charge in [-0.25, -0.2) is 14.4 Å². The maximum atomic E-state index is 12.0. The van der Waals surface area contributed by atoms with Gasteiger partial charge in [0, 0.05) is 42.9 Å². The Morgan fingerprint density at radius 3 is 1.11 bits per heavy atom. The minimum Gasteiger partial charge on any atom is -0.458 e. The van der Waals surface area contributed by atoms with Gasteiger partial charge in [-0.3, -0.25) is 47.9 Å². The predicted octanol–water partition coefficient (Wildman–Crippen LogP) is 7.86. The van der Waals surface area contributed by atoms with Crippen molar-refractivity contribution >= 4 is 77.6 Å². The molecule has 0 aromatic carbocycles. The molecule has 21 atom stereocenters. The van der Waals surface area contributed by atoms with Gasteiger partial charge in [0.25, 0.3) is 0 Å². The number of carbonyl (C=O) groups excluding carboxylic acids is 13. The molecule has 0 aromatic heterocycles. The second-order valence-electron chi connectivity index (χ2n) is 30.2. The highest BCUT2D eigenvalue weighted by Crippen LogP contribution is 2.57. The SMILES string of the molecule is CCC(C)(C)C(=O)OC1CCC2CC1OC2=O.CCC(C)(C)C(=O)OCC(=O)OC1C2CC3C(=O)OC1C3C2.CCC(C)(C)C(=O)OCC(=O)OC1CCC2CC1OC2=O.CCC(C)C(=O)OC1CCC2CC1OC2=O.CCC(C)C(=O)OCC(=O)OC1C2CC3C(=O)OC1C3C2. The van der Waals surface area contributed by atoms with Crippen LogP contribution in [0.3, 0.4) is 0 Å². The Labute approximate surface area is 567 Å². The monoisotopic (exact) mass is 1370 g/mol. The molecule has 12 aliphatic rings. The molecule has 0 radical (unpaired) electrons. The lowest BCUT2D eigenvalue weighted by atomic mass is 9.87. The van der Waals surface area contributed by atoms with Gasteiger partial charge in [-0.05, 0) is 138 Å². The van der Waals surface area contributed by atoms with E-state index in [2.05, 4.69) is 0 Å². The van der Waals surface area contributed by atoms with Crippen LogP contribution in [0.25, 0.3) is 0 Å². The third-order valence-electron chi connectivity index (χ3n) is 22.5. The molecule has 12 rings (SSSR count). The smallest absolute Gasteiger partial charge is 0.344 e. The second kappa shape index (κ2) is 32.0. The summed E-state index contributed by atoms with van der Waals surface area (Å²) in [5.74, 6) is -3.57. The van der Waals surface area contributed by atoms with Crippen LogP contribution in [0.2, 0.25) is 0 Å². The fourth-order valence-electron chi connectivity index (χ4n) is 14.4. The Morgan fingerprint density at radius 1 is 0.392 bits per heavy atom. The van der Waals surface area contributed by atoms with Crippen LogP contribution in [0.15, 0.2) is 0 Å². The van der Waals surface area contributed by atoms with Crippen molar-refractivity contribution in [1.29, 1.82) is 0 Å². The van der Waals surface area contributed by atoms with Gasteiger partial charge in [0.05, 0.1) is 57.7 Å². The summed E-state index contributed by atoms with van der Waals surface area (Å²) in [7, 11) is 0. The third kappa shape index (κ3) is 17.9. The van der Waals surface area contributed by atoms with E-state index >= 15 is 0 Å². The van der Waals surface area contributed by atoms with Gasteiger partial charge in [0.1, 0.15) is 61.0 Å². The summed E-state index contributed by atoms with van der Waals surface area (Å²) in [5, 5.41) is 0. The molecule has 26 nitrogen and oxygen atoms in total. The van der Waals surface area contributed by atoms with Crippen molar-refractivity contribution in [1.82, 2.24) is 0 Å². The molecule has 7 saturated carbocycles. The summed E-state index contributed by atoms with van der Waals surface area (Å²) in [4.78, 5) is 152. The van der Waals surface area contributed by atoms with Crippen molar-refractivity contribution in [2.75, 3.05) is 19.8 Å². The molecule has 542 valence electrons. The number of hydrogen-bond acceptors (Lipinski definition) is 26. The molecule has 10 bridgehead atoms. The maximum absolute atomic E-state index is 12.0. The fourth-order valence-corrected chi connectivity index (χ4v) is 14.4. The molecule has 12 fully saturated rings. The topological polar surface area (TPSA) is 342 Å². The van der Waals surface area contributed by atoms with Crippen LogP contribution in [0.4, 0.5) is 0 Å². The summed E-state index contributed by atoms with van der Waals surface area (Å²) >= 11 is 0. The quantitative estimate of drug-likeness (QED) is 0.0779. The number of hydrogen-bond donors (Lipinski definition) is 0. The fraction of sp³-hybridized carbons (Fsp3) is 0.817. The molecule has 97 heavy (non-hydrogen) atoms. The molecule has 5 saturated heterocycles. The van der Waals surface area contributed by atoms with E-state index in [1.165, 1.54) is 0 Å². The molecule has 21 unspecified atom stereocenters. The van der Waals surface area contributed by atoms with E-state index in [1.54, 1.807) is 34.6 Å². The Morgan fingerprint density at radius 2 is 0.732 bits per heavy atom. The van der Waals surface area contributed by atoms with Gasteiger partial charge >= 0.3 is 77.6 Å². The van der Waals surface area contributed by atoms with Crippen LogP contribution in [0.1, 0.15) is 206 Å². The number of carbonyl (C=O) groups is 13. The van der Waals surface area contributed by atoms with E-state index in [-0.39, 0.29) is 175 Å². The molecule has 7 aliphatic carbocycles. The molecule has 0 amide bonds. The number of ether oxygens (including phenoxy) is 13. The van der Waals surface area contributed by atoms with E-state index < -0.39 is 64.8 Å². The normalized spacial score (nSPS) is 33.5. The lowest BCUT2D eigenvalue weighted by molar-refractivity contribution is -0.172. The van der Waals surface area contributed by atoms with Gasteiger partial charge in [0.2, 0.25) is 0 Å². The van der Waals surface area contributed by atoms with Crippen molar-refractivity contribution in [2.24, 2.45) is 81.3 Å². The van der Waals surface area contributed by atoms with E-state index in [0.717, 1.165) is 70.6 Å². The molecule has 0 N–H and O–H groups in total. The highest BCUT2D eigenvalue weighted by atomic mass is 16.6. The average Bonchev–Trinajstić information content (AvgIpc) is 1.58. The first-order valence-electron chi connectivity index (χ1n) is 35.3. The molecule has 0 spiro atoms. The lowest BCUT2D eigenvalue weighted by Gasteiger charge is -2.29. The van der Waals surface area contributed by atoms with Crippen molar-refractivity contribution in [2.45, 2.75) is 267 Å². The van der Waals surface area contributed by atoms with Crippen LogP contribution < -0.4 is 0 Å². The highest BCUT2D eigenvalue weighted by molar-refractivity contribution is 5.83. The lowest BCUT2D eigenvalue weighted by Crippen LogP contribution is -2.37. The van der Waals surface area contributed by atoms with Crippen LogP contribution in [-0.2, 0) is 124 Å². The summed E-state index contributed by atoms with van der Waals surface area (Å²) in [6, 6.07) is 0. The highest BCUT2D eigenvalue weighted by Gasteiger charge is 2.65. The van der Waals surface area contributed by atoms with Crippen LogP contribution >= 0.6 is 0 Å². The molecule has 5 heterocycles. The second-order valence-corrected chi connectivity index (χ2v) is 30.2. The van der Waals surface area contributed by atoms with Crippen molar-refractivity contribution in [3.63, 3.8) is 0 Å². The molecular weight excluding hydrogens is 1270 g/mol. The van der Waals surface area contributed by atoms with Crippen molar-refractivity contribution in [3.05, 3.63) is 0 Å². The Balaban J connectivity index is 0.000000156. The predicted molar refractivity (Wildman–Crippen MR) is 334 cm³/mol. The zero-order valence-corrected chi connectivity index (χ0v) is 58.6. The standard InChI is InChI=1S/C16H22O6.C15H20O6.C15H22O6.C13H20O4.C12H18O4/c1-4-16(2,3)15(19)20-7-11(17)21-12-8-5-9-10(6-8)14(18)22-13(9)12;1-3-7(2)14(17)19-6-11(16)20-12-8-4-9-10(5-8)15(18)21-13(9)12;1-4-15(2,3)14(18)19-8-12(16)20-10-6-5-9-7-11(10)21-13(9)17;1-4-13(2,3)12(15)17-9-6-5-8-7-10(9)16-11(8)14;1-3-7(2)11(13)15-9-5-4-8-6-10(9)16-12(8)14/h8-10,12-13H,4-7H2,1-3H3;7-10,12-13H,3-6H2,1-2H3;9-11H,4-8H2,1-3H3;8-10H,4-7H2,1-3H3;7-10H,3-6H2,1-2H3. The number of rotatable bonds is 21. The largest absolute Gasteiger partial charge is 0.458 e. The molecular formula is C71H102O26. The molecule has 5 aliphatic heterocycles.